The van der Waals surface area contributed by atoms with Crippen LogP contribution in [0.1, 0.15) is 29.7 Å². The Morgan fingerprint density at radius 3 is 2.79 bits per heavy atom. The van der Waals surface area contributed by atoms with Crippen LogP contribution in [0, 0.1) is 6.92 Å². The van der Waals surface area contributed by atoms with Crippen LogP contribution < -0.4 is 11.1 Å². The Morgan fingerprint density at radius 2 is 2.11 bits per heavy atom. The second-order valence-electron chi connectivity index (χ2n) is 4.78. The standard InChI is InChI=1S/C16H21N3/c1-3-18-15(14-8-5-9-19-16(14)17)11-13-7-4-6-12(2)10-13/h4-10,15,18H,3,11H2,1-2H3,(H2,17,19). The van der Waals surface area contributed by atoms with E-state index in [4.69, 9.17) is 5.73 Å². The molecule has 1 heterocycles. The third-order valence-electron chi connectivity index (χ3n) is 3.22. The van der Waals surface area contributed by atoms with Gasteiger partial charge in [-0.05, 0) is 31.5 Å². The van der Waals surface area contributed by atoms with Crippen molar-refractivity contribution in [1.82, 2.24) is 10.3 Å². The number of nitrogen functional groups attached to an aromatic ring is 1. The van der Waals surface area contributed by atoms with Crippen LogP contribution in [-0.2, 0) is 6.42 Å². The smallest absolute Gasteiger partial charge is 0.128 e. The monoisotopic (exact) mass is 255 g/mol. The minimum Gasteiger partial charge on any atom is -0.383 e. The van der Waals surface area contributed by atoms with Gasteiger partial charge in [0.25, 0.3) is 0 Å². The maximum atomic E-state index is 5.98. The van der Waals surface area contributed by atoms with Gasteiger partial charge in [-0.25, -0.2) is 4.98 Å². The van der Waals surface area contributed by atoms with Crippen LogP contribution in [-0.4, -0.2) is 11.5 Å². The van der Waals surface area contributed by atoms with Crippen LogP contribution in [0.4, 0.5) is 5.82 Å². The quantitative estimate of drug-likeness (QED) is 0.863. The number of hydrogen-bond acceptors (Lipinski definition) is 3. The number of aromatic nitrogens is 1. The summed E-state index contributed by atoms with van der Waals surface area (Å²) in [5.74, 6) is 0.612. The molecule has 0 amide bonds. The molecule has 1 unspecified atom stereocenters. The second kappa shape index (κ2) is 6.34. The third kappa shape index (κ3) is 3.55. The summed E-state index contributed by atoms with van der Waals surface area (Å²) in [5.41, 5.74) is 9.66. The lowest BCUT2D eigenvalue weighted by Crippen LogP contribution is -2.24. The first-order chi connectivity index (χ1) is 9.20. The van der Waals surface area contributed by atoms with Crippen molar-refractivity contribution in [1.29, 1.82) is 0 Å². The molecular weight excluding hydrogens is 234 g/mol. The number of rotatable bonds is 5. The van der Waals surface area contributed by atoms with E-state index >= 15 is 0 Å². The SMILES string of the molecule is CCNC(Cc1cccc(C)c1)c1cccnc1N. The fraction of sp³-hybridized carbons (Fsp3) is 0.312. The van der Waals surface area contributed by atoms with Crippen LogP contribution in [0.5, 0.6) is 0 Å². The largest absolute Gasteiger partial charge is 0.383 e. The average molecular weight is 255 g/mol. The zero-order valence-electron chi connectivity index (χ0n) is 11.6. The fourth-order valence-corrected chi connectivity index (χ4v) is 2.34. The number of anilines is 1. The molecule has 0 aliphatic carbocycles. The Kier molecular flexibility index (Phi) is 4.53. The highest BCUT2D eigenvalue weighted by atomic mass is 14.9. The van der Waals surface area contributed by atoms with E-state index in [0.717, 1.165) is 18.5 Å². The van der Waals surface area contributed by atoms with Crippen LogP contribution in [0.2, 0.25) is 0 Å². The number of pyridine rings is 1. The highest BCUT2D eigenvalue weighted by Gasteiger charge is 2.14. The van der Waals surface area contributed by atoms with Gasteiger partial charge in [0, 0.05) is 17.8 Å². The number of aryl methyl sites for hydroxylation is 1. The van der Waals surface area contributed by atoms with Crippen molar-refractivity contribution < 1.29 is 0 Å². The van der Waals surface area contributed by atoms with Crippen molar-refractivity contribution in [3.8, 4) is 0 Å². The molecule has 0 radical (unpaired) electrons. The Labute approximate surface area is 114 Å². The molecule has 0 spiro atoms. The van der Waals surface area contributed by atoms with Gasteiger partial charge in [-0.1, -0.05) is 42.8 Å². The third-order valence-corrected chi connectivity index (χ3v) is 3.22. The first kappa shape index (κ1) is 13.6. The molecule has 3 N–H and O–H groups in total. The van der Waals surface area contributed by atoms with E-state index in [9.17, 15) is 0 Å². The van der Waals surface area contributed by atoms with E-state index in [0.29, 0.717) is 5.82 Å². The fourth-order valence-electron chi connectivity index (χ4n) is 2.34. The highest BCUT2D eigenvalue weighted by molar-refractivity contribution is 5.41. The predicted octanol–water partition coefficient (Wildman–Crippen LogP) is 2.87. The lowest BCUT2D eigenvalue weighted by atomic mass is 9.98. The summed E-state index contributed by atoms with van der Waals surface area (Å²) >= 11 is 0. The number of nitrogens with one attached hydrogen (secondary N) is 1. The maximum Gasteiger partial charge on any atom is 0.128 e. The number of likely N-dealkylation sites (N-methyl/N-ethyl adjacent to an activating group) is 1. The van der Waals surface area contributed by atoms with E-state index in [-0.39, 0.29) is 6.04 Å². The molecule has 0 fully saturated rings. The van der Waals surface area contributed by atoms with Gasteiger partial charge >= 0.3 is 0 Å². The second-order valence-corrected chi connectivity index (χ2v) is 4.78. The van der Waals surface area contributed by atoms with Gasteiger partial charge in [0.05, 0.1) is 0 Å². The molecule has 0 aliphatic heterocycles. The number of nitrogens with zero attached hydrogens (tertiary/aromatic N) is 1. The molecule has 19 heavy (non-hydrogen) atoms. The zero-order chi connectivity index (χ0) is 13.7. The lowest BCUT2D eigenvalue weighted by Gasteiger charge is -2.19. The van der Waals surface area contributed by atoms with Crippen molar-refractivity contribution in [3.05, 3.63) is 59.3 Å². The summed E-state index contributed by atoms with van der Waals surface area (Å²) in [4.78, 5) is 4.18. The summed E-state index contributed by atoms with van der Waals surface area (Å²) in [6.07, 6.45) is 2.65. The molecular formula is C16H21N3. The Morgan fingerprint density at radius 1 is 1.26 bits per heavy atom. The van der Waals surface area contributed by atoms with E-state index in [2.05, 4.69) is 48.4 Å². The molecule has 0 bridgehead atoms. The minimum atomic E-state index is 0.209. The molecule has 2 rings (SSSR count). The van der Waals surface area contributed by atoms with Crippen molar-refractivity contribution in [2.75, 3.05) is 12.3 Å². The summed E-state index contributed by atoms with van der Waals surface area (Å²) in [7, 11) is 0. The molecule has 0 saturated carbocycles. The summed E-state index contributed by atoms with van der Waals surface area (Å²) in [6, 6.07) is 12.8. The van der Waals surface area contributed by atoms with Gasteiger partial charge in [-0.15, -0.1) is 0 Å². The maximum absolute atomic E-state index is 5.98. The van der Waals surface area contributed by atoms with Gasteiger partial charge in [-0.3, -0.25) is 0 Å². The predicted molar refractivity (Wildman–Crippen MR) is 80.0 cm³/mol. The molecule has 1 aromatic carbocycles. The van der Waals surface area contributed by atoms with Gasteiger partial charge in [0.15, 0.2) is 0 Å². The Balaban J connectivity index is 2.24. The minimum absolute atomic E-state index is 0.209. The molecule has 1 aromatic heterocycles. The van der Waals surface area contributed by atoms with Gasteiger partial charge < -0.3 is 11.1 Å². The number of benzene rings is 1. The van der Waals surface area contributed by atoms with Crippen molar-refractivity contribution in [3.63, 3.8) is 0 Å². The van der Waals surface area contributed by atoms with E-state index in [1.54, 1.807) is 6.20 Å². The van der Waals surface area contributed by atoms with E-state index in [1.807, 2.05) is 12.1 Å². The van der Waals surface area contributed by atoms with Crippen molar-refractivity contribution in [2.45, 2.75) is 26.3 Å². The number of nitrogens with two attached hydrogens (primary N) is 1. The molecule has 100 valence electrons. The lowest BCUT2D eigenvalue weighted by molar-refractivity contribution is 0.550. The van der Waals surface area contributed by atoms with E-state index in [1.165, 1.54) is 11.1 Å². The average Bonchev–Trinajstić information content (AvgIpc) is 2.39. The van der Waals surface area contributed by atoms with Crippen LogP contribution >= 0.6 is 0 Å². The van der Waals surface area contributed by atoms with Crippen molar-refractivity contribution >= 4 is 5.82 Å². The van der Waals surface area contributed by atoms with Gasteiger partial charge in [-0.2, -0.15) is 0 Å². The van der Waals surface area contributed by atoms with Crippen LogP contribution in [0.15, 0.2) is 42.6 Å². The van der Waals surface area contributed by atoms with Crippen LogP contribution in [0.25, 0.3) is 0 Å². The topological polar surface area (TPSA) is 50.9 Å². The molecule has 1 atom stereocenters. The normalized spacial score (nSPS) is 12.3. The molecule has 3 nitrogen and oxygen atoms in total. The zero-order valence-corrected chi connectivity index (χ0v) is 11.6. The van der Waals surface area contributed by atoms with Crippen LogP contribution in [0.3, 0.4) is 0 Å². The first-order valence-corrected chi connectivity index (χ1v) is 6.70. The highest BCUT2D eigenvalue weighted by Crippen LogP contribution is 2.22. The number of hydrogen-bond donors (Lipinski definition) is 2. The molecule has 0 aliphatic rings. The summed E-state index contributed by atoms with van der Waals surface area (Å²) in [6.45, 7) is 5.13. The molecule has 2 aromatic rings. The van der Waals surface area contributed by atoms with E-state index < -0.39 is 0 Å². The Hall–Kier alpha value is -1.87. The van der Waals surface area contributed by atoms with Gasteiger partial charge in [0.2, 0.25) is 0 Å². The Bertz CT molecular complexity index is 537. The van der Waals surface area contributed by atoms with Crippen molar-refractivity contribution in [2.24, 2.45) is 0 Å². The first-order valence-electron chi connectivity index (χ1n) is 6.70. The summed E-state index contributed by atoms with van der Waals surface area (Å²) in [5, 5.41) is 3.49. The molecule has 0 saturated heterocycles. The summed E-state index contributed by atoms with van der Waals surface area (Å²) < 4.78 is 0. The molecule has 3 heteroatoms. The van der Waals surface area contributed by atoms with Gasteiger partial charge in [0.1, 0.15) is 5.82 Å².